The highest BCUT2D eigenvalue weighted by Crippen LogP contribution is 2.27. The quantitative estimate of drug-likeness (QED) is 0.526. The summed E-state index contributed by atoms with van der Waals surface area (Å²) in [7, 11) is 0. The summed E-state index contributed by atoms with van der Waals surface area (Å²) in [5, 5.41) is 4.38. The van der Waals surface area contributed by atoms with Crippen molar-refractivity contribution in [1.82, 2.24) is 9.55 Å². The number of thioether (sulfide) groups is 1. The molecule has 0 aliphatic heterocycles. The summed E-state index contributed by atoms with van der Waals surface area (Å²) in [4.78, 5) is 16.8. The van der Waals surface area contributed by atoms with Gasteiger partial charge in [-0.05, 0) is 35.7 Å². The van der Waals surface area contributed by atoms with E-state index in [0.29, 0.717) is 16.7 Å². The number of amides is 1. The van der Waals surface area contributed by atoms with Crippen molar-refractivity contribution in [3.05, 3.63) is 65.8 Å². The van der Waals surface area contributed by atoms with E-state index in [1.54, 1.807) is 24.3 Å². The average Bonchev–Trinajstić information content (AvgIpc) is 3.04. The summed E-state index contributed by atoms with van der Waals surface area (Å²) < 4.78 is 2.19. The molecule has 3 aromatic rings. The molecule has 0 atom stereocenters. The average molecular weight is 400 g/mol. The Morgan fingerprint density at radius 1 is 1.15 bits per heavy atom. The highest BCUT2D eigenvalue weighted by Gasteiger charge is 2.15. The third-order valence-electron chi connectivity index (χ3n) is 3.90. The molecular formula is C21H22ClN3OS. The van der Waals surface area contributed by atoms with Crippen LogP contribution in [0.4, 0.5) is 5.69 Å². The zero-order chi connectivity index (χ0) is 19.2. The summed E-state index contributed by atoms with van der Waals surface area (Å²) in [5.41, 5.74) is 2.94. The molecule has 2 aromatic carbocycles. The lowest BCUT2D eigenvalue weighted by molar-refractivity contribution is -0.113. The predicted molar refractivity (Wildman–Crippen MR) is 113 cm³/mol. The third kappa shape index (κ3) is 5.37. The van der Waals surface area contributed by atoms with Crippen molar-refractivity contribution in [3.8, 4) is 11.3 Å². The van der Waals surface area contributed by atoms with E-state index in [-0.39, 0.29) is 5.91 Å². The van der Waals surface area contributed by atoms with Gasteiger partial charge in [-0.1, -0.05) is 67.5 Å². The van der Waals surface area contributed by atoms with E-state index >= 15 is 0 Å². The highest BCUT2D eigenvalue weighted by atomic mass is 35.5. The molecule has 1 N–H and O–H groups in total. The minimum atomic E-state index is -0.0670. The van der Waals surface area contributed by atoms with Gasteiger partial charge in [0.2, 0.25) is 5.91 Å². The van der Waals surface area contributed by atoms with Crippen LogP contribution < -0.4 is 5.32 Å². The molecule has 6 heteroatoms. The van der Waals surface area contributed by atoms with Gasteiger partial charge >= 0.3 is 0 Å². The smallest absolute Gasteiger partial charge is 0.234 e. The fraction of sp³-hybridized carbons (Fsp3) is 0.238. The second kappa shape index (κ2) is 9.11. The van der Waals surface area contributed by atoms with E-state index in [0.717, 1.165) is 28.6 Å². The number of halogens is 1. The van der Waals surface area contributed by atoms with Crippen LogP contribution in [0.1, 0.15) is 13.8 Å². The van der Waals surface area contributed by atoms with Gasteiger partial charge in [0.1, 0.15) is 0 Å². The maximum Gasteiger partial charge on any atom is 0.234 e. The summed E-state index contributed by atoms with van der Waals surface area (Å²) in [5.74, 6) is 0.706. The number of anilines is 1. The maximum absolute atomic E-state index is 12.3. The van der Waals surface area contributed by atoms with Gasteiger partial charge in [0.25, 0.3) is 0 Å². The zero-order valence-corrected chi connectivity index (χ0v) is 16.9. The summed E-state index contributed by atoms with van der Waals surface area (Å²) in [6, 6.07) is 17.3. The number of carbonyl (C=O) groups is 1. The summed E-state index contributed by atoms with van der Waals surface area (Å²) >= 11 is 7.32. The number of imidazole rings is 1. The number of rotatable bonds is 7. The van der Waals surface area contributed by atoms with E-state index in [9.17, 15) is 4.79 Å². The molecular weight excluding hydrogens is 378 g/mol. The van der Waals surface area contributed by atoms with Crippen LogP contribution in [-0.2, 0) is 11.3 Å². The van der Waals surface area contributed by atoms with Crippen LogP contribution in [0.3, 0.4) is 0 Å². The minimum Gasteiger partial charge on any atom is -0.325 e. The van der Waals surface area contributed by atoms with E-state index in [1.807, 2.05) is 24.4 Å². The second-order valence-electron chi connectivity index (χ2n) is 6.64. The first-order chi connectivity index (χ1) is 13.0. The maximum atomic E-state index is 12.3. The first kappa shape index (κ1) is 19.5. The molecule has 1 heterocycles. The molecule has 3 rings (SSSR count). The zero-order valence-electron chi connectivity index (χ0n) is 15.4. The molecule has 0 spiro atoms. The minimum absolute atomic E-state index is 0.0670. The van der Waals surface area contributed by atoms with Crippen molar-refractivity contribution in [1.29, 1.82) is 0 Å². The van der Waals surface area contributed by atoms with Crippen LogP contribution in [0.2, 0.25) is 5.02 Å². The van der Waals surface area contributed by atoms with E-state index < -0.39 is 0 Å². The first-order valence-electron chi connectivity index (χ1n) is 8.82. The van der Waals surface area contributed by atoms with Gasteiger partial charge in [-0.25, -0.2) is 4.98 Å². The number of benzene rings is 2. The van der Waals surface area contributed by atoms with Gasteiger partial charge < -0.3 is 9.88 Å². The lowest BCUT2D eigenvalue weighted by atomic mass is 10.1. The molecule has 140 valence electrons. The van der Waals surface area contributed by atoms with E-state index in [4.69, 9.17) is 11.6 Å². The third-order valence-corrected chi connectivity index (χ3v) is 5.14. The van der Waals surface area contributed by atoms with Crippen LogP contribution in [-0.4, -0.2) is 21.2 Å². The lowest BCUT2D eigenvalue weighted by Gasteiger charge is -2.14. The molecule has 0 aliphatic carbocycles. The molecule has 0 fully saturated rings. The van der Waals surface area contributed by atoms with Gasteiger partial charge in [0.15, 0.2) is 5.16 Å². The molecule has 1 amide bonds. The monoisotopic (exact) mass is 399 g/mol. The number of aromatic nitrogens is 2. The topological polar surface area (TPSA) is 46.9 Å². The summed E-state index contributed by atoms with van der Waals surface area (Å²) in [6.07, 6.45) is 1.89. The molecule has 0 radical (unpaired) electrons. The normalized spacial score (nSPS) is 11.0. The Hall–Kier alpha value is -2.24. The molecule has 0 unspecified atom stereocenters. The van der Waals surface area contributed by atoms with Crippen LogP contribution in [0, 0.1) is 5.92 Å². The fourth-order valence-corrected chi connectivity index (χ4v) is 3.63. The number of nitrogens with zero attached hydrogens (tertiary/aromatic N) is 2. The number of hydrogen-bond acceptors (Lipinski definition) is 3. The van der Waals surface area contributed by atoms with Crippen molar-refractivity contribution in [2.45, 2.75) is 25.5 Å². The fourth-order valence-electron chi connectivity index (χ4n) is 2.72. The molecule has 0 saturated heterocycles. The Morgan fingerprint density at radius 3 is 2.52 bits per heavy atom. The number of hydrogen-bond donors (Lipinski definition) is 1. The van der Waals surface area contributed by atoms with Gasteiger partial charge in [0.05, 0.1) is 17.6 Å². The van der Waals surface area contributed by atoms with Crippen molar-refractivity contribution < 1.29 is 4.79 Å². The summed E-state index contributed by atoms with van der Waals surface area (Å²) in [6.45, 7) is 5.21. The van der Waals surface area contributed by atoms with Crippen molar-refractivity contribution in [2.75, 3.05) is 11.1 Å². The Labute approximate surface area is 169 Å². The Balaban J connectivity index is 1.71. The van der Waals surface area contributed by atoms with Crippen molar-refractivity contribution in [3.63, 3.8) is 0 Å². The highest BCUT2D eigenvalue weighted by molar-refractivity contribution is 7.99. The van der Waals surface area contributed by atoms with Crippen LogP contribution in [0.5, 0.6) is 0 Å². The number of nitrogens with one attached hydrogen (secondary N) is 1. The number of carbonyl (C=O) groups excluding carboxylic acids is 1. The Kier molecular flexibility index (Phi) is 6.58. The van der Waals surface area contributed by atoms with Crippen molar-refractivity contribution >= 4 is 35.0 Å². The second-order valence-corrected chi connectivity index (χ2v) is 8.02. The molecule has 1 aromatic heterocycles. The molecule has 0 aliphatic rings. The van der Waals surface area contributed by atoms with E-state index in [2.05, 4.69) is 40.8 Å². The Bertz CT molecular complexity index is 892. The van der Waals surface area contributed by atoms with Crippen LogP contribution in [0.15, 0.2) is 66.0 Å². The largest absolute Gasteiger partial charge is 0.325 e. The Morgan fingerprint density at radius 2 is 1.85 bits per heavy atom. The van der Waals surface area contributed by atoms with Crippen LogP contribution in [0.25, 0.3) is 11.3 Å². The standard InChI is InChI=1S/C21H22ClN3OS/c1-15(2)13-25-19(16-6-4-3-5-7-16)12-23-21(25)27-14-20(26)24-18-10-8-17(22)9-11-18/h3-12,15H,13-14H2,1-2H3,(H,24,26). The van der Waals surface area contributed by atoms with Crippen molar-refractivity contribution in [2.24, 2.45) is 5.92 Å². The van der Waals surface area contributed by atoms with Gasteiger partial charge in [-0.2, -0.15) is 0 Å². The molecule has 27 heavy (non-hydrogen) atoms. The predicted octanol–water partition coefficient (Wildman–Crippen LogP) is 5.59. The van der Waals surface area contributed by atoms with Crippen LogP contribution >= 0.6 is 23.4 Å². The molecule has 4 nitrogen and oxygen atoms in total. The molecule has 0 saturated carbocycles. The van der Waals surface area contributed by atoms with Gasteiger partial charge in [-0.15, -0.1) is 0 Å². The lowest BCUT2D eigenvalue weighted by Crippen LogP contribution is -2.15. The van der Waals surface area contributed by atoms with E-state index in [1.165, 1.54) is 11.8 Å². The SMILES string of the molecule is CC(C)Cn1c(-c2ccccc2)cnc1SCC(=O)Nc1ccc(Cl)cc1. The molecule has 0 bridgehead atoms. The first-order valence-corrected chi connectivity index (χ1v) is 10.2. The van der Waals surface area contributed by atoms with Gasteiger partial charge in [-0.3, -0.25) is 4.79 Å². The van der Waals surface area contributed by atoms with Gasteiger partial charge in [0, 0.05) is 17.3 Å².